The predicted octanol–water partition coefficient (Wildman–Crippen LogP) is 2.21. The topological polar surface area (TPSA) is 63.8 Å². The number of nitrogens with two attached hydrogens (primary N) is 1. The van der Waals surface area contributed by atoms with Crippen molar-refractivity contribution in [1.82, 2.24) is 9.97 Å². The van der Waals surface area contributed by atoms with Gasteiger partial charge in [-0.3, -0.25) is 0 Å². The van der Waals surface area contributed by atoms with E-state index in [0.29, 0.717) is 6.54 Å². The molecule has 3 N–H and O–H groups in total. The van der Waals surface area contributed by atoms with Crippen molar-refractivity contribution in [2.75, 3.05) is 18.4 Å². The lowest BCUT2D eigenvalue weighted by Gasteiger charge is -2.11. The average molecular weight is 242 g/mol. The van der Waals surface area contributed by atoms with Gasteiger partial charge in [-0.05, 0) is 25.5 Å². The molecule has 1 aromatic heterocycles. The van der Waals surface area contributed by atoms with Crippen molar-refractivity contribution in [2.24, 2.45) is 5.73 Å². The minimum Gasteiger partial charge on any atom is -0.382 e. The van der Waals surface area contributed by atoms with E-state index in [-0.39, 0.29) is 0 Å². The summed E-state index contributed by atoms with van der Waals surface area (Å²) in [6.45, 7) is 3.60. The van der Waals surface area contributed by atoms with E-state index >= 15 is 0 Å². The Hall–Kier alpha value is -1.94. The summed E-state index contributed by atoms with van der Waals surface area (Å²) in [6, 6.07) is 8.21. The van der Waals surface area contributed by atoms with Crippen molar-refractivity contribution in [3.8, 4) is 11.3 Å². The maximum absolute atomic E-state index is 5.49. The average Bonchev–Trinajstić information content (AvgIpc) is 2.40. The molecule has 18 heavy (non-hydrogen) atoms. The fourth-order valence-corrected chi connectivity index (χ4v) is 1.84. The van der Waals surface area contributed by atoms with E-state index in [9.17, 15) is 0 Å². The molecule has 0 spiro atoms. The highest BCUT2D eigenvalue weighted by Gasteiger charge is 2.08. The third-order valence-electron chi connectivity index (χ3n) is 2.81. The van der Waals surface area contributed by atoms with Gasteiger partial charge in [0.05, 0.1) is 17.6 Å². The van der Waals surface area contributed by atoms with Crippen molar-refractivity contribution in [3.05, 3.63) is 42.4 Å². The van der Waals surface area contributed by atoms with Crippen LogP contribution in [0, 0.1) is 6.92 Å². The van der Waals surface area contributed by atoms with Gasteiger partial charge in [-0.25, -0.2) is 9.97 Å². The Bertz CT molecular complexity index is 511. The van der Waals surface area contributed by atoms with Crippen molar-refractivity contribution in [1.29, 1.82) is 0 Å². The highest BCUT2D eigenvalue weighted by molar-refractivity contribution is 5.75. The molecule has 1 aromatic carbocycles. The minimum atomic E-state index is 0.681. The standard InChI is InChI=1S/C14H18N4/c1-11-5-2-3-6-12(11)14-13(9-16-10-18-14)17-8-4-7-15/h2-3,5-6,9-10,17H,4,7-8,15H2,1H3. The number of hydrogen-bond acceptors (Lipinski definition) is 4. The molecule has 0 radical (unpaired) electrons. The van der Waals surface area contributed by atoms with Gasteiger partial charge in [0.2, 0.25) is 0 Å². The zero-order valence-electron chi connectivity index (χ0n) is 10.6. The molecule has 0 aliphatic rings. The van der Waals surface area contributed by atoms with Crippen LogP contribution in [0.5, 0.6) is 0 Å². The Morgan fingerprint density at radius 1 is 1.28 bits per heavy atom. The van der Waals surface area contributed by atoms with Crippen LogP contribution in [0.15, 0.2) is 36.8 Å². The van der Waals surface area contributed by atoms with E-state index < -0.39 is 0 Å². The van der Waals surface area contributed by atoms with E-state index in [2.05, 4.69) is 34.3 Å². The summed E-state index contributed by atoms with van der Waals surface area (Å²) < 4.78 is 0. The zero-order chi connectivity index (χ0) is 12.8. The van der Waals surface area contributed by atoms with E-state index in [1.807, 2.05) is 18.3 Å². The van der Waals surface area contributed by atoms with Crippen LogP contribution in [0.2, 0.25) is 0 Å². The molecule has 2 rings (SSSR count). The molecule has 0 unspecified atom stereocenters. The normalized spacial score (nSPS) is 10.3. The summed E-state index contributed by atoms with van der Waals surface area (Å²) >= 11 is 0. The minimum absolute atomic E-state index is 0.681. The summed E-state index contributed by atoms with van der Waals surface area (Å²) in [5.41, 5.74) is 9.74. The van der Waals surface area contributed by atoms with Gasteiger partial charge in [-0.2, -0.15) is 0 Å². The molecule has 0 atom stereocenters. The van der Waals surface area contributed by atoms with Crippen LogP contribution in [0.1, 0.15) is 12.0 Å². The largest absolute Gasteiger partial charge is 0.382 e. The van der Waals surface area contributed by atoms with Gasteiger partial charge < -0.3 is 11.1 Å². The first-order valence-corrected chi connectivity index (χ1v) is 6.13. The van der Waals surface area contributed by atoms with Crippen LogP contribution in [0.3, 0.4) is 0 Å². The molecule has 1 heterocycles. The van der Waals surface area contributed by atoms with Gasteiger partial charge >= 0.3 is 0 Å². The summed E-state index contributed by atoms with van der Waals surface area (Å²) in [6.07, 6.45) is 4.32. The summed E-state index contributed by atoms with van der Waals surface area (Å²) in [5.74, 6) is 0. The predicted molar refractivity (Wildman–Crippen MR) is 74.4 cm³/mol. The second-order valence-electron chi connectivity index (χ2n) is 4.17. The monoisotopic (exact) mass is 242 g/mol. The number of anilines is 1. The Balaban J connectivity index is 2.30. The summed E-state index contributed by atoms with van der Waals surface area (Å²) in [4.78, 5) is 8.46. The van der Waals surface area contributed by atoms with Gasteiger partial charge in [-0.1, -0.05) is 24.3 Å². The fraction of sp³-hybridized carbons (Fsp3) is 0.286. The van der Waals surface area contributed by atoms with Gasteiger partial charge in [0, 0.05) is 12.1 Å². The van der Waals surface area contributed by atoms with Crippen LogP contribution in [-0.2, 0) is 0 Å². The number of benzene rings is 1. The van der Waals surface area contributed by atoms with Crippen molar-refractivity contribution in [2.45, 2.75) is 13.3 Å². The fourth-order valence-electron chi connectivity index (χ4n) is 1.84. The molecule has 4 heteroatoms. The van der Waals surface area contributed by atoms with Crippen molar-refractivity contribution in [3.63, 3.8) is 0 Å². The number of aryl methyl sites for hydroxylation is 1. The Morgan fingerprint density at radius 2 is 2.11 bits per heavy atom. The highest BCUT2D eigenvalue weighted by atomic mass is 14.9. The first-order chi connectivity index (χ1) is 8.83. The van der Waals surface area contributed by atoms with Gasteiger partial charge in [0.1, 0.15) is 6.33 Å². The van der Waals surface area contributed by atoms with Crippen LogP contribution < -0.4 is 11.1 Å². The van der Waals surface area contributed by atoms with E-state index in [1.54, 1.807) is 6.33 Å². The van der Waals surface area contributed by atoms with Gasteiger partial charge in [0.15, 0.2) is 0 Å². The Kier molecular flexibility index (Phi) is 4.25. The molecular weight excluding hydrogens is 224 g/mol. The zero-order valence-corrected chi connectivity index (χ0v) is 10.6. The molecule has 2 aromatic rings. The Labute approximate surface area is 107 Å². The molecule has 0 bridgehead atoms. The molecule has 94 valence electrons. The number of nitrogens with zero attached hydrogens (tertiary/aromatic N) is 2. The molecule has 0 aliphatic carbocycles. The molecular formula is C14H18N4. The maximum atomic E-state index is 5.49. The third kappa shape index (κ3) is 2.84. The van der Waals surface area contributed by atoms with Gasteiger partial charge in [0.25, 0.3) is 0 Å². The van der Waals surface area contributed by atoms with Crippen LogP contribution >= 0.6 is 0 Å². The second-order valence-corrected chi connectivity index (χ2v) is 4.17. The number of hydrogen-bond donors (Lipinski definition) is 2. The van der Waals surface area contributed by atoms with Crippen LogP contribution in [-0.4, -0.2) is 23.1 Å². The molecule has 0 saturated carbocycles. The number of nitrogens with one attached hydrogen (secondary N) is 1. The smallest absolute Gasteiger partial charge is 0.116 e. The lowest BCUT2D eigenvalue weighted by Crippen LogP contribution is -2.09. The van der Waals surface area contributed by atoms with Gasteiger partial charge in [-0.15, -0.1) is 0 Å². The molecule has 0 amide bonds. The summed E-state index contributed by atoms with van der Waals surface area (Å²) in [5, 5.41) is 3.33. The maximum Gasteiger partial charge on any atom is 0.116 e. The van der Waals surface area contributed by atoms with Crippen molar-refractivity contribution >= 4 is 5.69 Å². The molecule has 0 saturated heterocycles. The van der Waals surface area contributed by atoms with Crippen LogP contribution in [0.25, 0.3) is 11.3 Å². The summed E-state index contributed by atoms with van der Waals surface area (Å²) in [7, 11) is 0. The number of rotatable bonds is 5. The Morgan fingerprint density at radius 3 is 2.89 bits per heavy atom. The SMILES string of the molecule is Cc1ccccc1-c1ncncc1NCCCN. The highest BCUT2D eigenvalue weighted by Crippen LogP contribution is 2.27. The van der Waals surface area contributed by atoms with E-state index in [1.165, 1.54) is 5.56 Å². The first kappa shape index (κ1) is 12.5. The second kappa shape index (κ2) is 6.12. The lowest BCUT2D eigenvalue weighted by molar-refractivity contribution is 0.873. The van der Waals surface area contributed by atoms with Crippen LogP contribution in [0.4, 0.5) is 5.69 Å². The number of aromatic nitrogens is 2. The van der Waals surface area contributed by atoms with Crippen molar-refractivity contribution < 1.29 is 0 Å². The van der Waals surface area contributed by atoms with E-state index in [4.69, 9.17) is 5.73 Å². The third-order valence-corrected chi connectivity index (χ3v) is 2.81. The van der Waals surface area contributed by atoms with E-state index in [0.717, 1.165) is 29.9 Å². The lowest BCUT2D eigenvalue weighted by atomic mass is 10.0. The molecule has 4 nitrogen and oxygen atoms in total. The first-order valence-electron chi connectivity index (χ1n) is 6.13. The molecule has 0 fully saturated rings. The molecule has 0 aliphatic heterocycles. The quantitative estimate of drug-likeness (QED) is 0.789.